The molecular formula is C18H19N5O4S. The normalized spacial score (nSPS) is 14.2. The maximum Gasteiger partial charge on any atom is 0.437 e. The molecule has 0 aromatic carbocycles. The van der Waals surface area contributed by atoms with Crippen molar-refractivity contribution < 1.29 is 13.9 Å². The largest absolute Gasteiger partial charge is 0.437 e. The zero-order valence-electron chi connectivity index (χ0n) is 15.0. The van der Waals surface area contributed by atoms with E-state index in [4.69, 9.17) is 9.15 Å². The molecule has 0 aliphatic carbocycles. The van der Waals surface area contributed by atoms with E-state index < -0.39 is 5.76 Å². The molecule has 0 saturated carbocycles. The molecule has 3 aromatic heterocycles. The molecule has 10 heteroatoms. The first-order valence-corrected chi connectivity index (χ1v) is 9.73. The molecule has 1 aliphatic rings. The van der Waals surface area contributed by atoms with Crippen molar-refractivity contribution in [3.8, 4) is 10.8 Å². The second-order valence-electron chi connectivity index (χ2n) is 6.21. The van der Waals surface area contributed by atoms with Crippen molar-refractivity contribution in [1.82, 2.24) is 20.1 Å². The van der Waals surface area contributed by atoms with Gasteiger partial charge in [0.05, 0.1) is 18.1 Å². The lowest BCUT2D eigenvalue weighted by molar-refractivity contribution is -0.122. The summed E-state index contributed by atoms with van der Waals surface area (Å²) >= 11 is 1.41. The molecule has 146 valence electrons. The van der Waals surface area contributed by atoms with E-state index in [-0.39, 0.29) is 18.3 Å². The Kier molecular flexibility index (Phi) is 5.49. The van der Waals surface area contributed by atoms with Crippen LogP contribution in [0.2, 0.25) is 0 Å². The number of amides is 1. The second kappa shape index (κ2) is 8.36. The van der Waals surface area contributed by atoms with Crippen molar-refractivity contribution in [3.63, 3.8) is 0 Å². The minimum Gasteiger partial charge on any atom is -0.387 e. The predicted molar refractivity (Wildman–Crippen MR) is 103 cm³/mol. The molecule has 28 heavy (non-hydrogen) atoms. The summed E-state index contributed by atoms with van der Waals surface area (Å²) in [6.45, 7) is 3.17. The van der Waals surface area contributed by atoms with E-state index in [1.807, 2.05) is 23.6 Å². The van der Waals surface area contributed by atoms with Crippen LogP contribution in [0, 0.1) is 0 Å². The van der Waals surface area contributed by atoms with Crippen LogP contribution in [0.5, 0.6) is 0 Å². The Balaban J connectivity index is 1.31. The highest BCUT2D eigenvalue weighted by Gasteiger charge is 2.14. The average molecular weight is 401 g/mol. The summed E-state index contributed by atoms with van der Waals surface area (Å²) in [5.74, 6) is 0.129. The summed E-state index contributed by atoms with van der Waals surface area (Å²) < 4.78 is 11.5. The lowest BCUT2D eigenvalue weighted by atomic mass is 10.2. The number of thiophene rings is 1. The Morgan fingerprint density at radius 1 is 1.25 bits per heavy atom. The van der Waals surface area contributed by atoms with Gasteiger partial charge in [0, 0.05) is 25.8 Å². The van der Waals surface area contributed by atoms with Gasteiger partial charge in [0.15, 0.2) is 0 Å². The van der Waals surface area contributed by atoms with E-state index in [0.717, 1.165) is 34.0 Å². The molecule has 0 bridgehead atoms. The van der Waals surface area contributed by atoms with Crippen LogP contribution in [0.1, 0.15) is 5.56 Å². The van der Waals surface area contributed by atoms with Crippen molar-refractivity contribution in [2.75, 3.05) is 31.2 Å². The van der Waals surface area contributed by atoms with Crippen LogP contribution in [0.3, 0.4) is 0 Å². The SMILES string of the molecule is O=C(Cn1nc(-c2cccs2)oc1=O)NCc1ccc(N2CCOCC2)nc1. The lowest BCUT2D eigenvalue weighted by Crippen LogP contribution is -2.36. The summed E-state index contributed by atoms with van der Waals surface area (Å²) in [5.41, 5.74) is 0.872. The number of pyridine rings is 1. The van der Waals surface area contributed by atoms with Crippen LogP contribution in [0.25, 0.3) is 10.8 Å². The molecule has 1 amide bonds. The third-order valence-electron chi connectivity index (χ3n) is 4.27. The summed E-state index contributed by atoms with van der Waals surface area (Å²) in [5, 5.41) is 8.70. The van der Waals surface area contributed by atoms with Crippen molar-refractivity contribution in [2.45, 2.75) is 13.1 Å². The van der Waals surface area contributed by atoms with E-state index in [1.165, 1.54) is 11.3 Å². The third-order valence-corrected chi connectivity index (χ3v) is 5.12. The van der Waals surface area contributed by atoms with Gasteiger partial charge >= 0.3 is 5.76 Å². The predicted octanol–water partition coefficient (Wildman–Crippen LogP) is 1.11. The van der Waals surface area contributed by atoms with Crippen molar-refractivity contribution in [3.05, 3.63) is 52.0 Å². The highest BCUT2D eigenvalue weighted by Crippen LogP contribution is 2.21. The molecule has 0 atom stereocenters. The molecule has 1 fully saturated rings. The Bertz CT molecular complexity index is 974. The van der Waals surface area contributed by atoms with Crippen molar-refractivity contribution >= 4 is 23.1 Å². The van der Waals surface area contributed by atoms with E-state index in [1.54, 1.807) is 12.3 Å². The van der Waals surface area contributed by atoms with Crippen molar-refractivity contribution in [2.24, 2.45) is 0 Å². The van der Waals surface area contributed by atoms with Gasteiger partial charge in [-0.2, -0.15) is 4.68 Å². The Labute approximate surface area is 164 Å². The number of rotatable bonds is 6. The van der Waals surface area contributed by atoms with E-state index >= 15 is 0 Å². The smallest absolute Gasteiger partial charge is 0.387 e. The number of anilines is 1. The van der Waals surface area contributed by atoms with Crippen LogP contribution < -0.4 is 16.0 Å². The standard InChI is InChI=1S/C18H19N5O4S/c24-16(12-23-18(25)27-17(21-23)14-2-1-9-28-14)20-11-13-3-4-15(19-10-13)22-5-7-26-8-6-22/h1-4,9-10H,5-8,11-12H2,(H,20,24). The number of nitrogens with zero attached hydrogens (tertiary/aromatic N) is 4. The molecule has 1 N–H and O–H groups in total. The third kappa shape index (κ3) is 4.29. The van der Waals surface area contributed by atoms with Crippen LogP contribution >= 0.6 is 11.3 Å². The Hall–Kier alpha value is -2.98. The van der Waals surface area contributed by atoms with Gasteiger partial charge in [-0.05, 0) is 23.1 Å². The van der Waals surface area contributed by atoms with Crippen LogP contribution in [-0.2, 0) is 22.6 Å². The fourth-order valence-corrected chi connectivity index (χ4v) is 3.44. The quantitative estimate of drug-likeness (QED) is 0.660. The molecule has 0 spiro atoms. The Morgan fingerprint density at radius 3 is 2.82 bits per heavy atom. The highest BCUT2D eigenvalue weighted by molar-refractivity contribution is 7.13. The fraction of sp³-hybridized carbons (Fsp3) is 0.333. The van der Waals surface area contributed by atoms with Crippen molar-refractivity contribution in [1.29, 1.82) is 0 Å². The number of carbonyl (C=O) groups is 1. The molecule has 4 heterocycles. The zero-order valence-corrected chi connectivity index (χ0v) is 15.9. The minimum absolute atomic E-state index is 0.201. The lowest BCUT2D eigenvalue weighted by Gasteiger charge is -2.27. The number of carbonyl (C=O) groups excluding carboxylic acids is 1. The van der Waals surface area contributed by atoms with Gasteiger partial charge in [-0.25, -0.2) is 9.78 Å². The van der Waals surface area contributed by atoms with Crippen LogP contribution in [0.4, 0.5) is 5.82 Å². The molecule has 3 aromatic rings. The van der Waals surface area contributed by atoms with Gasteiger partial charge in [-0.3, -0.25) is 4.79 Å². The van der Waals surface area contributed by atoms with Gasteiger partial charge in [-0.15, -0.1) is 16.4 Å². The first-order valence-electron chi connectivity index (χ1n) is 8.85. The van der Waals surface area contributed by atoms with Crippen LogP contribution in [-0.4, -0.2) is 47.0 Å². The molecule has 4 rings (SSSR count). The van der Waals surface area contributed by atoms with Gasteiger partial charge < -0.3 is 19.4 Å². The minimum atomic E-state index is -0.657. The summed E-state index contributed by atoms with van der Waals surface area (Å²) in [6.07, 6.45) is 1.74. The summed E-state index contributed by atoms with van der Waals surface area (Å²) in [4.78, 5) is 31.4. The zero-order chi connectivity index (χ0) is 19.3. The molecular weight excluding hydrogens is 382 g/mol. The van der Waals surface area contributed by atoms with Crippen LogP contribution in [0.15, 0.2) is 45.1 Å². The first-order chi connectivity index (χ1) is 13.7. The fourth-order valence-electron chi connectivity index (χ4n) is 2.80. The summed E-state index contributed by atoms with van der Waals surface area (Å²) in [6, 6.07) is 7.50. The van der Waals surface area contributed by atoms with Gasteiger partial charge in [0.25, 0.3) is 5.89 Å². The number of morpholine rings is 1. The maximum atomic E-state index is 12.2. The first kappa shape index (κ1) is 18.4. The molecule has 1 saturated heterocycles. The van der Waals surface area contributed by atoms with E-state index in [0.29, 0.717) is 19.8 Å². The number of nitrogens with one attached hydrogen (secondary N) is 1. The summed E-state index contributed by atoms with van der Waals surface area (Å²) in [7, 11) is 0. The van der Waals surface area contributed by atoms with Gasteiger partial charge in [0.2, 0.25) is 5.91 Å². The molecule has 9 nitrogen and oxygen atoms in total. The second-order valence-corrected chi connectivity index (χ2v) is 7.16. The number of aromatic nitrogens is 3. The van der Waals surface area contributed by atoms with E-state index in [2.05, 4.69) is 20.3 Å². The van der Waals surface area contributed by atoms with E-state index in [9.17, 15) is 9.59 Å². The highest BCUT2D eigenvalue weighted by atomic mass is 32.1. The maximum absolute atomic E-state index is 12.2. The van der Waals surface area contributed by atoms with Gasteiger partial charge in [0.1, 0.15) is 12.4 Å². The van der Waals surface area contributed by atoms with Gasteiger partial charge in [-0.1, -0.05) is 12.1 Å². The number of hydrogen-bond donors (Lipinski definition) is 1. The number of hydrogen-bond acceptors (Lipinski definition) is 8. The monoisotopic (exact) mass is 401 g/mol. The number of ether oxygens (including phenoxy) is 1. The molecule has 0 unspecified atom stereocenters. The molecule has 0 radical (unpaired) electrons. The Morgan fingerprint density at radius 2 is 2.11 bits per heavy atom. The topological polar surface area (TPSA) is 102 Å². The molecule has 1 aliphatic heterocycles. The average Bonchev–Trinajstić information content (AvgIpc) is 3.38.